The van der Waals surface area contributed by atoms with Crippen LogP contribution in [-0.2, 0) is 11.0 Å². The van der Waals surface area contributed by atoms with Gasteiger partial charge in [0.2, 0.25) is 5.52 Å². The van der Waals surface area contributed by atoms with Crippen LogP contribution in [0.3, 0.4) is 0 Å². The van der Waals surface area contributed by atoms with Crippen molar-refractivity contribution < 1.29 is 8.96 Å². The van der Waals surface area contributed by atoms with Gasteiger partial charge in [-0.15, -0.1) is 0 Å². The lowest BCUT2D eigenvalue weighted by Gasteiger charge is -2.43. The topological polar surface area (TPSA) is 8.29 Å². The zero-order valence-corrected chi connectivity index (χ0v) is 13.7. The molecule has 4 heterocycles. The standard InChI is InChI=1S/C19H22FN2/c1-5-18(3)14-8-11-21-10-7-13-15(20)9-12-22(16(13)17(14)21)19(18,4)6-2/h7-12H,5-6H2,1-4H3/q+1. The van der Waals surface area contributed by atoms with Gasteiger partial charge in [0.1, 0.15) is 11.3 Å². The maximum absolute atomic E-state index is 14.4. The first-order valence-electron chi connectivity index (χ1n) is 8.12. The van der Waals surface area contributed by atoms with E-state index in [1.54, 1.807) is 6.07 Å². The highest BCUT2D eigenvalue weighted by molar-refractivity contribution is 5.93. The van der Waals surface area contributed by atoms with E-state index in [-0.39, 0.29) is 16.8 Å². The average molecular weight is 297 g/mol. The molecule has 0 aliphatic carbocycles. The van der Waals surface area contributed by atoms with Crippen molar-refractivity contribution in [2.75, 3.05) is 0 Å². The van der Waals surface area contributed by atoms with E-state index in [4.69, 9.17) is 0 Å². The molecule has 0 N–H and O–H groups in total. The van der Waals surface area contributed by atoms with Gasteiger partial charge in [0, 0.05) is 31.8 Å². The van der Waals surface area contributed by atoms with Crippen LogP contribution in [0.2, 0.25) is 0 Å². The summed E-state index contributed by atoms with van der Waals surface area (Å²) in [6, 6.07) is 5.72. The Balaban J connectivity index is 2.32. The van der Waals surface area contributed by atoms with Crippen LogP contribution < -0.4 is 4.57 Å². The van der Waals surface area contributed by atoms with Crippen LogP contribution in [0.5, 0.6) is 0 Å². The second-order valence-electron chi connectivity index (χ2n) is 6.91. The molecular weight excluding hydrogens is 275 g/mol. The molecule has 0 fully saturated rings. The third-order valence-electron chi connectivity index (χ3n) is 6.37. The molecule has 0 saturated carbocycles. The van der Waals surface area contributed by atoms with Crippen molar-refractivity contribution in [2.24, 2.45) is 0 Å². The molecule has 1 aliphatic heterocycles. The fourth-order valence-corrected chi connectivity index (χ4v) is 4.47. The van der Waals surface area contributed by atoms with Crippen molar-refractivity contribution in [2.45, 2.75) is 51.5 Å². The Morgan fingerprint density at radius 3 is 2.50 bits per heavy atom. The zero-order valence-electron chi connectivity index (χ0n) is 13.7. The molecule has 1 aliphatic rings. The molecule has 3 aromatic heterocycles. The highest BCUT2D eigenvalue weighted by Crippen LogP contribution is 2.48. The van der Waals surface area contributed by atoms with Crippen LogP contribution in [-0.4, -0.2) is 4.40 Å². The summed E-state index contributed by atoms with van der Waals surface area (Å²) in [7, 11) is 0. The summed E-state index contributed by atoms with van der Waals surface area (Å²) < 4.78 is 18.8. The fourth-order valence-electron chi connectivity index (χ4n) is 4.47. The van der Waals surface area contributed by atoms with Crippen molar-refractivity contribution in [3.8, 4) is 0 Å². The van der Waals surface area contributed by atoms with Gasteiger partial charge in [-0.2, -0.15) is 4.57 Å². The van der Waals surface area contributed by atoms with Gasteiger partial charge in [-0.1, -0.05) is 13.8 Å². The summed E-state index contributed by atoms with van der Waals surface area (Å²) in [6.07, 6.45) is 8.07. The summed E-state index contributed by atoms with van der Waals surface area (Å²) in [6.45, 7) is 9.15. The molecule has 2 unspecified atom stereocenters. The Labute approximate surface area is 130 Å². The SMILES string of the molecule is CCC1(C)c2ccn3ccc4c(F)cc[n+](c4c23)C1(C)CC. The molecule has 114 valence electrons. The van der Waals surface area contributed by atoms with E-state index >= 15 is 0 Å². The minimum Gasteiger partial charge on any atom is -0.318 e. The Morgan fingerprint density at radius 2 is 1.82 bits per heavy atom. The molecule has 2 atom stereocenters. The molecule has 0 spiro atoms. The predicted molar refractivity (Wildman–Crippen MR) is 86.6 cm³/mol. The van der Waals surface area contributed by atoms with Crippen molar-refractivity contribution in [1.29, 1.82) is 0 Å². The smallest absolute Gasteiger partial charge is 0.240 e. The summed E-state index contributed by atoms with van der Waals surface area (Å²) in [4.78, 5) is 0. The first kappa shape index (κ1) is 13.7. The lowest BCUT2D eigenvalue weighted by atomic mass is 9.62. The monoisotopic (exact) mass is 297 g/mol. The number of rotatable bonds is 2. The summed E-state index contributed by atoms with van der Waals surface area (Å²) >= 11 is 0. The van der Waals surface area contributed by atoms with Crippen molar-refractivity contribution in [1.82, 2.24) is 4.40 Å². The van der Waals surface area contributed by atoms with Crippen LogP contribution >= 0.6 is 0 Å². The normalized spacial score (nSPS) is 27.1. The number of hydrogen-bond donors (Lipinski definition) is 0. The van der Waals surface area contributed by atoms with Crippen LogP contribution in [0.25, 0.3) is 16.4 Å². The first-order valence-corrected chi connectivity index (χ1v) is 8.12. The van der Waals surface area contributed by atoms with E-state index in [1.165, 1.54) is 5.56 Å². The van der Waals surface area contributed by atoms with Gasteiger partial charge in [-0.05, 0) is 31.0 Å². The van der Waals surface area contributed by atoms with E-state index in [9.17, 15) is 4.39 Å². The lowest BCUT2D eigenvalue weighted by molar-refractivity contribution is -0.751. The Kier molecular flexibility index (Phi) is 2.56. The van der Waals surface area contributed by atoms with Gasteiger partial charge >= 0.3 is 0 Å². The van der Waals surface area contributed by atoms with Crippen molar-refractivity contribution >= 4 is 16.4 Å². The van der Waals surface area contributed by atoms with Crippen molar-refractivity contribution in [3.63, 3.8) is 0 Å². The Hall–Kier alpha value is -1.90. The summed E-state index contributed by atoms with van der Waals surface area (Å²) in [5.74, 6) is -0.139. The first-order chi connectivity index (χ1) is 10.5. The molecule has 22 heavy (non-hydrogen) atoms. The maximum Gasteiger partial charge on any atom is 0.240 e. The van der Waals surface area contributed by atoms with Crippen LogP contribution in [0, 0.1) is 5.82 Å². The minimum atomic E-state index is -0.139. The average Bonchev–Trinajstić information content (AvgIpc) is 2.97. The van der Waals surface area contributed by atoms with Gasteiger partial charge < -0.3 is 4.40 Å². The highest BCUT2D eigenvalue weighted by Gasteiger charge is 2.55. The van der Waals surface area contributed by atoms with Gasteiger partial charge in [0.15, 0.2) is 11.7 Å². The molecule has 2 nitrogen and oxygen atoms in total. The molecule has 3 heteroatoms. The number of halogens is 1. The fraction of sp³-hybridized carbons (Fsp3) is 0.421. The molecule has 0 bridgehead atoms. The van der Waals surface area contributed by atoms with Crippen LogP contribution in [0.1, 0.15) is 46.1 Å². The Morgan fingerprint density at radius 1 is 1.09 bits per heavy atom. The molecule has 0 aromatic carbocycles. The number of nitrogens with zero attached hydrogens (tertiary/aromatic N) is 2. The Bertz CT molecular complexity index is 911. The van der Waals surface area contributed by atoms with E-state index in [0.29, 0.717) is 5.39 Å². The second kappa shape index (κ2) is 4.09. The molecule has 4 rings (SSSR count). The summed E-state index contributed by atoms with van der Waals surface area (Å²) in [5, 5.41) is 0.716. The third-order valence-corrected chi connectivity index (χ3v) is 6.37. The third kappa shape index (κ3) is 1.29. The maximum atomic E-state index is 14.4. The van der Waals surface area contributed by atoms with Crippen molar-refractivity contribution in [3.05, 3.63) is 48.2 Å². The van der Waals surface area contributed by atoms with Gasteiger partial charge in [-0.25, -0.2) is 4.39 Å². The number of pyridine rings is 2. The highest BCUT2D eigenvalue weighted by atomic mass is 19.1. The minimum absolute atomic E-state index is 0.0281. The van der Waals surface area contributed by atoms with E-state index in [2.05, 4.69) is 48.9 Å². The van der Waals surface area contributed by atoms with Gasteiger partial charge in [0.05, 0.1) is 10.8 Å². The number of aromatic nitrogens is 2. The largest absolute Gasteiger partial charge is 0.318 e. The van der Waals surface area contributed by atoms with Gasteiger partial charge in [0.25, 0.3) is 0 Å². The molecular formula is C19H22FN2+. The molecule has 0 saturated heterocycles. The number of hydrogen-bond acceptors (Lipinski definition) is 0. The zero-order chi connectivity index (χ0) is 15.7. The lowest BCUT2D eigenvalue weighted by Crippen LogP contribution is -2.66. The van der Waals surface area contributed by atoms with Crippen LogP contribution in [0.15, 0.2) is 36.8 Å². The predicted octanol–water partition coefficient (Wildman–Crippen LogP) is 4.33. The second-order valence-corrected chi connectivity index (χ2v) is 6.91. The van der Waals surface area contributed by atoms with E-state index < -0.39 is 0 Å². The quantitative estimate of drug-likeness (QED) is 0.622. The van der Waals surface area contributed by atoms with E-state index in [0.717, 1.165) is 23.9 Å². The molecule has 0 amide bonds. The molecule has 3 aromatic rings. The van der Waals surface area contributed by atoms with Crippen LogP contribution in [0.4, 0.5) is 4.39 Å². The van der Waals surface area contributed by atoms with E-state index in [1.807, 2.05) is 18.5 Å². The van der Waals surface area contributed by atoms with Gasteiger partial charge in [-0.3, -0.25) is 0 Å². The summed E-state index contributed by atoms with van der Waals surface area (Å²) in [5.41, 5.74) is 3.49. The molecule has 0 radical (unpaired) electrons.